The molecule has 0 saturated heterocycles. The number of pyridine rings is 1. The van der Waals surface area contributed by atoms with Crippen LogP contribution in [0.15, 0.2) is 36.5 Å². The minimum Gasteiger partial charge on any atom is -0.503 e. The second-order valence-corrected chi connectivity index (χ2v) is 11.0. The number of anilines is 1. The normalized spacial score (nSPS) is 20.0. The van der Waals surface area contributed by atoms with E-state index in [1.54, 1.807) is 18.3 Å². The molecule has 2 saturated carbocycles. The summed E-state index contributed by atoms with van der Waals surface area (Å²) in [5, 5.41) is 15.1. The molecule has 2 fully saturated rings. The number of phenolic OH excluding ortho intramolecular Hbond substituents is 1. The molecule has 2 aliphatic rings. The van der Waals surface area contributed by atoms with E-state index >= 15 is 0 Å². The van der Waals surface area contributed by atoms with Gasteiger partial charge in [-0.1, -0.05) is 17.7 Å². The first kappa shape index (κ1) is 24.8. The van der Waals surface area contributed by atoms with Gasteiger partial charge in [0.25, 0.3) is 0 Å². The summed E-state index contributed by atoms with van der Waals surface area (Å²) in [6.07, 6.45) is 8.20. The number of nitrogens with zero attached hydrogens (tertiary/aromatic N) is 2. The molecule has 5 rings (SSSR count). The van der Waals surface area contributed by atoms with Crippen LogP contribution in [-0.4, -0.2) is 54.6 Å². The first-order valence-electron chi connectivity index (χ1n) is 12.8. The van der Waals surface area contributed by atoms with E-state index in [0.717, 1.165) is 65.9 Å². The summed E-state index contributed by atoms with van der Waals surface area (Å²) in [5.74, 6) is 1.27. The number of hydrogen-bond donors (Lipinski definition) is 2. The molecule has 0 spiro atoms. The van der Waals surface area contributed by atoms with Crippen molar-refractivity contribution in [1.29, 1.82) is 0 Å². The molecule has 190 valence electrons. The maximum absolute atomic E-state index is 13.3. The zero-order chi connectivity index (χ0) is 25.4. The summed E-state index contributed by atoms with van der Waals surface area (Å²) in [5.41, 5.74) is 4.17. The Labute approximate surface area is 217 Å². The van der Waals surface area contributed by atoms with Gasteiger partial charge in [-0.15, -0.1) is 0 Å². The molecule has 6 nitrogen and oxygen atoms in total. The number of rotatable bonds is 8. The quantitative estimate of drug-likeness (QED) is 0.344. The number of phenols is 1. The third-order valence-electron chi connectivity index (χ3n) is 7.48. The van der Waals surface area contributed by atoms with E-state index in [9.17, 15) is 9.90 Å². The SMILES string of the molecule is COc1cc(-c2ccc3ncc(C(=O)C4CC4)c(N[C@H]4CC[C@@H](CN(C)C)CC4)c3c2)cc(Cl)c1O. The van der Waals surface area contributed by atoms with E-state index in [2.05, 4.69) is 35.4 Å². The van der Waals surface area contributed by atoms with Crippen LogP contribution in [0.1, 0.15) is 48.9 Å². The van der Waals surface area contributed by atoms with Crippen molar-refractivity contribution < 1.29 is 14.6 Å². The number of carbonyl (C=O) groups is 1. The number of halogens is 1. The largest absolute Gasteiger partial charge is 0.503 e. The van der Waals surface area contributed by atoms with Gasteiger partial charge in [-0.2, -0.15) is 0 Å². The maximum atomic E-state index is 13.3. The number of Topliss-reactive ketones (excluding diaryl/α,β-unsaturated/α-hetero) is 1. The molecule has 0 aliphatic heterocycles. The molecule has 2 aromatic carbocycles. The number of methoxy groups -OCH3 is 1. The van der Waals surface area contributed by atoms with E-state index in [-0.39, 0.29) is 22.5 Å². The van der Waals surface area contributed by atoms with Gasteiger partial charge in [0.05, 0.1) is 28.9 Å². The minimum absolute atomic E-state index is 0.0742. The van der Waals surface area contributed by atoms with E-state index < -0.39 is 0 Å². The molecule has 0 atom stereocenters. The third-order valence-corrected chi connectivity index (χ3v) is 7.77. The van der Waals surface area contributed by atoms with Gasteiger partial charge < -0.3 is 20.1 Å². The van der Waals surface area contributed by atoms with Crippen molar-refractivity contribution >= 4 is 34.0 Å². The zero-order valence-corrected chi connectivity index (χ0v) is 21.9. The van der Waals surface area contributed by atoms with Gasteiger partial charge in [0, 0.05) is 30.1 Å². The number of carbonyl (C=O) groups excluding carboxylic acids is 1. The predicted octanol–water partition coefficient (Wildman–Crippen LogP) is 6.39. The van der Waals surface area contributed by atoms with Crippen LogP contribution in [0.25, 0.3) is 22.0 Å². The zero-order valence-electron chi connectivity index (χ0n) is 21.2. The van der Waals surface area contributed by atoms with Crippen molar-refractivity contribution in [2.45, 2.75) is 44.6 Å². The van der Waals surface area contributed by atoms with Crippen molar-refractivity contribution in [2.24, 2.45) is 11.8 Å². The molecule has 0 amide bonds. The van der Waals surface area contributed by atoms with Crippen LogP contribution in [0, 0.1) is 11.8 Å². The Morgan fingerprint density at radius 1 is 1.11 bits per heavy atom. The van der Waals surface area contributed by atoms with Gasteiger partial charge in [-0.3, -0.25) is 9.78 Å². The van der Waals surface area contributed by atoms with Gasteiger partial charge in [-0.05, 0) is 93.9 Å². The van der Waals surface area contributed by atoms with Crippen LogP contribution in [0.2, 0.25) is 5.02 Å². The van der Waals surface area contributed by atoms with Gasteiger partial charge in [0.2, 0.25) is 0 Å². The van der Waals surface area contributed by atoms with Gasteiger partial charge >= 0.3 is 0 Å². The Hall–Kier alpha value is -2.83. The number of nitrogens with one attached hydrogen (secondary N) is 1. The lowest BCUT2D eigenvalue weighted by molar-refractivity contribution is 0.0968. The average molecular weight is 508 g/mol. The monoisotopic (exact) mass is 507 g/mol. The number of aromatic hydroxyl groups is 1. The summed E-state index contributed by atoms with van der Waals surface area (Å²) in [6.45, 7) is 1.12. The van der Waals surface area contributed by atoms with Crippen LogP contribution >= 0.6 is 11.6 Å². The van der Waals surface area contributed by atoms with E-state index in [1.165, 1.54) is 20.0 Å². The first-order valence-corrected chi connectivity index (χ1v) is 13.2. The summed E-state index contributed by atoms with van der Waals surface area (Å²) in [7, 11) is 5.78. The third kappa shape index (κ3) is 5.16. The number of fused-ring (bicyclic) bond motifs is 1. The number of ketones is 1. The maximum Gasteiger partial charge on any atom is 0.176 e. The van der Waals surface area contributed by atoms with Gasteiger partial charge in [0.1, 0.15) is 0 Å². The van der Waals surface area contributed by atoms with Crippen LogP contribution in [0.5, 0.6) is 11.5 Å². The Bertz CT molecular complexity index is 1280. The topological polar surface area (TPSA) is 74.7 Å². The molecular weight excluding hydrogens is 474 g/mol. The molecule has 0 unspecified atom stereocenters. The molecule has 1 heterocycles. The lowest BCUT2D eigenvalue weighted by Gasteiger charge is -2.32. The van der Waals surface area contributed by atoms with Crippen molar-refractivity contribution in [3.05, 3.63) is 47.1 Å². The highest BCUT2D eigenvalue weighted by Crippen LogP contribution is 2.41. The summed E-state index contributed by atoms with van der Waals surface area (Å²) < 4.78 is 5.31. The first-order chi connectivity index (χ1) is 17.3. The fraction of sp³-hybridized carbons (Fsp3) is 0.448. The van der Waals surface area contributed by atoms with Crippen molar-refractivity contribution in [2.75, 3.05) is 33.1 Å². The summed E-state index contributed by atoms with van der Waals surface area (Å²) >= 11 is 6.28. The highest BCUT2D eigenvalue weighted by atomic mass is 35.5. The predicted molar refractivity (Wildman–Crippen MR) is 145 cm³/mol. The fourth-order valence-corrected chi connectivity index (χ4v) is 5.60. The lowest BCUT2D eigenvalue weighted by Crippen LogP contribution is -2.31. The molecule has 2 N–H and O–H groups in total. The highest BCUT2D eigenvalue weighted by molar-refractivity contribution is 6.32. The van der Waals surface area contributed by atoms with Crippen LogP contribution in [0.3, 0.4) is 0 Å². The van der Waals surface area contributed by atoms with E-state index in [1.807, 2.05) is 12.1 Å². The molecule has 0 bridgehead atoms. The summed E-state index contributed by atoms with van der Waals surface area (Å²) in [4.78, 5) is 20.2. The molecule has 2 aliphatic carbocycles. The van der Waals surface area contributed by atoms with Gasteiger partial charge in [-0.25, -0.2) is 0 Å². The molecule has 3 aromatic rings. The minimum atomic E-state index is -0.0742. The molecular formula is C29H34ClN3O3. The molecule has 1 aromatic heterocycles. The number of hydrogen-bond acceptors (Lipinski definition) is 6. The van der Waals surface area contributed by atoms with Crippen LogP contribution in [-0.2, 0) is 0 Å². The average Bonchev–Trinajstić information content (AvgIpc) is 3.71. The van der Waals surface area contributed by atoms with Crippen LogP contribution < -0.4 is 10.1 Å². The Balaban J connectivity index is 1.53. The van der Waals surface area contributed by atoms with Crippen molar-refractivity contribution in [3.8, 4) is 22.6 Å². The van der Waals surface area contributed by atoms with Crippen molar-refractivity contribution in [3.63, 3.8) is 0 Å². The number of aromatic nitrogens is 1. The Morgan fingerprint density at radius 3 is 2.53 bits per heavy atom. The standard InChI is InChI=1S/C29H34ClN3O3/c1-33(2)16-17-4-9-21(10-5-17)32-27-22-12-19(20-13-24(30)29(35)26(14-20)36-3)8-11-25(22)31-15-23(27)28(34)18-6-7-18/h8,11-15,17-18,21,35H,4-7,9-10,16H2,1-3H3,(H,31,32)/t17-,21+. The van der Waals surface area contributed by atoms with Crippen molar-refractivity contribution in [1.82, 2.24) is 9.88 Å². The number of ether oxygens (including phenoxy) is 1. The smallest absolute Gasteiger partial charge is 0.176 e. The second kappa shape index (κ2) is 10.3. The fourth-order valence-electron chi connectivity index (χ4n) is 5.39. The highest BCUT2D eigenvalue weighted by Gasteiger charge is 2.33. The second-order valence-electron chi connectivity index (χ2n) is 10.6. The van der Waals surface area contributed by atoms with E-state index in [4.69, 9.17) is 16.3 Å². The van der Waals surface area contributed by atoms with E-state index in [0.29, 0.717) is 17.4 Å². The molecule has 36 heavy (non-hydrogen) atoms. The summed E-state index contributed by atoms with van der Waals surface area (Å²) in [6, 6.07) is 9.85. The number of benzene rings is 2. The molecule has 0 radical (unpaired) electrons. The van der Waals surface area contributed by atoms with Crippen LogP contribution in [0.4, 0.5) is 5.69 Å². The Morgan fingerprint density at radius 2 is 1.86 bits per heavy atom. The van der Waals surface area contributed by atoms with Gasteiger partial charge in [0.15, 0.2) is 17.3 Å². The molecule has 7 heteroatoms. The Kier molecular flexibility index (Phi) is 7.09. The lowest BCUT2D eigenvalue weighted by atomic mass is 9.85.